The molecule has 0 atom stereocenters. The summed E-state index contributed by atoms with van der Waals surface area (Å²) in [7, 11) is -1.31. The van der Waals surface area contributed by atoms with Crippen molar-refractivity contribution in [2.45, 2.75) is 4.90 Å². The molecule has 2 rings (SSSR count). The lowest BCUT2D eigenvalue weighted by Crippen LogP contribution is -2.19. The highest BCUT2D eigenvalue weighted by Crippen LogP contribution is 2.20. The first-order valence-electron chi connectivity index (χ1n) is 6.91. The lowest BCUT2D eigenvalue weighted by Gasteiger charge is -2.11. The maximum absolute atomic E-state index is 12.5. The number of carbonyl (C=O) groups is 2. The molecule has 0 aliphatic rings. The first-order valence-corrected chi connectivity index (χ1v) is 8.39. The van der Waals surface area contributed by atoms with E-state index in [0.29, 0.717) is 5.56 Å². The van der Waals surface area contributed by atoms with Gasteiger partial charge in [0.05, 0.1) is 12.7 Å². The summed E-state index contributed by atoms with van der Waals surface area (Å²) in [5.41, 5.74) is 0.604. The zero-order valence-corrected chi connectivity index (χ0v) is 13.9. The van der Waals surface area contributed by atoms with E-state index in [9.17, 15) is 18.0 Å². The van der Waals surface area contributed by atoms with E-state index in [0.717, 1.165) is 0 Å². The minimum absolute atomic E-state index is 0.0607. The quantitative estimate of drug-likeness (QED) is 0.800. The fraction of sp³-hybridized carbons (Fsp3) is 0.125. The minimum atomic E-state index is -3.99. The van der Waals surface area contributed by atoms with Crippen molar-refractivity contribution in [2.75, 3.05) is 18.9 Å². The van der Waals surface area contributed by atoms with Crippen molar-refractivity contribution in [3.8, 4) is 0 Å². The van der Waals surface area contributed by atoms with E-state index in [-0.39, 0.29) is 22.1 Å². The molecule has 0 fully saturated rings. The van der Waals surface area contributed by atoms with Gasteiger partial charge in [-0.2, -0.15) is 0 Å². The summed E-state index contributed by atoms with van der Waals surface area (Å²) >= 11 is 0. The lowest BCUT2D eigenvalue weighted by molar-refractivity contribution is 0.0596. The number of esters is 1. The molecule has 24 heavy (non-hydrogen) atoms. The van der Waals surface area contributed by atoms with E-state index >= 15 is 0 Å². The zero-order valence-electron chi connectivity index (χ0n) is 13.1. The van der Waals surface area contributed by atoms with Crippen molar-refractivity contribution in [3.63, 3.8) is 0 Å². The van der Waals surface area contributed by atoms with Crippen LogP contribution >= 0.6 is 0 Å². The number of carbonyl (C=O) groups excluding carboxylic acids is 2. The molecule has 0 bridgehead atoms. The van der Waals surface area contributed by atoms with Gasteiger partial charge in [0.25, 0.3) is 15.9 Å². The van der Waals surface area contributed by atoms with Gasteiger partial charge in [-0.05, 0) is 36.4 Å². The molecule has 7 nitrogen and oxygen atoms in total. The smallest absolute Gasteiger partial charge is 0.339 e. The van der Waals surface area contributed by atoms with Gasteiger partial charge in [-0.3, -0.25) is 9.52 Å². The maximum Gasteiger partial charge on any atom is 0.339 e. The minimum Gasteiger partial charge on any atom is -0.465 e. The summed E-state index contributed by atoms with van der Waals surface area (Å²) in [6, 6.07) is 11.6. The van der Waals surface area contributed by atoms with Crippen LogP contribution in [0.1, 0.15) is 20.7 Å². The third-order valence-corrected chi connectivity index (χ3v) is 4.65. The summed E-state index contributed by atoms with van der Waals surface area (Å²) in [4.78, 5) is 23.0. The van der Waals surface area contributed by atoms with Crippen molar-refractivity contribution < 1.29 is 22.7 Å². The Morgan fingerprint density at radius 1 is 1.00 bits per heavy atom. The molecular formula is C16H16N2O5S. The molecule has 0 unspecified atom stereocenters. The molecule has 0 spiro atoms. The number of amides is 1. The van der Waals surface area contributed by atoms with Crippen LogP contribution < -0.4 is 10.0 Å². The van der Waals surface area contributed by atoms with Gasteiger partial charge in [0, 0.05) is 18.3 Å². The number of hydrogen-bond donors (Lipinski definition) is 2. The van der Waals surface area contributed by atoms with E-state index in [1.54, 1.807) is 6.07 Å². The van der Waals surface area contributed by atoms with Crippen LogP contribution in [0.2, 0.25) is 0 Å². The fourth-order valence-corrected chi connectivity index (χ4v) is 3.28. The van der Waals surface area contributed by atoms with Crippen molar-refractivity contribution in [1.82, 2.24) is 5.32 Å². The topological polar surface area (TPSA) is 102 Å². The fourth-order valence-electron chi connectivity index (χ4n) is 2.02. The molecule has 2 aromatic rings. The highest BCUT2D eigenvalue weighted by molar-refractivity contribution is 7.92. The zero-order chi connectivity index (χ0) is 17.7. The third-order valence-electron chi connectivity index (χ3n) is 3.21. The van der Waals surface area contributed by atoms with E-state index in [2.05, 4.69) is 14.8 Å². The predicted octanol–water partition coefficient (Wildman–Crippen LogP) is 1.63. The van der Waals surface area contributed by atoms with Crippen LogP contribution in [0.15, 0.2) is 53.4 Å². The first kappa shape index (κ1) is 17.5. The van der Waals surface area contributed by atoms with Gasteiger partial charge in [-0.25, -0.2) is 13.2 Å². The standard InChI is InChI=1S/C16H16N2O5S/c1-17-15(19)11-7-9-12(10-8-11)18-24(21,22)14-6-4-3-5-13(14)16(20)23-2/h3-10,18H,1-2H3,(H,17,19). The Labute approximate surface area is 139 Å². The molecule has 0 aliphatic carbocycles. The van der Waals surface area contributed by atoms with E-state index in [1.807, 2.05) is 0 Å². The second-order valence-electron chi connectivity index (χ2n) is 4.75. The van der Waals surface area contributed by atoms with Crippen LogP contribution in [-0.2, 0) is 14.8 Å². The molecule has 0 aromatic heterocycles. The summed E-state index contributed by atoms with van der Waals surface area (Å²) in [6.45, 7) is 0. The van der Waals surface area contributed by atoms with Crippen molar-refractivity contribution in [2.24, 2.45) is 0 Å². The summed E-state index contributed by atoms with van der Waals surface area (Å²) in [6.07, 6.45) is 0. The Morgan fingerprint density at radius 3 is 2.21 bits per heavy atom. The van der Waals surface area contributed by atoms with Crippen LogP contribution in [0.4, 0.5) is 5.69 Å². The second-order valence-corrected chi connectivity index (χ2v) is 6.40. The molecule has 0 aliphatic heterocycles. The molecule has 8 heteroatoms. The Kier molecular flexibility index (Phi) is 5.20. The number of sulfonamides is 1. The van der Waals surface area contributed by atoms with Gasteiger partial charge < -0.3 is 10.1 Å². The summed E-state index contributed by atoms with van der Waals surface area (Å²) in [5.74, 6) is -1.02. The monoisotopic (exact) mass is 348 g/mol. The number of anilines is 1. The number of rotatable bonds is 5. The van der Waals surface area contributed by atoms with Crippen LogP contribution in [-0.4, -0.2) is 34.5 Å². The Bertz CT molecular complexity index is 860. The number of methoxy groups -OCH3 is 1. The van der Waals surface area contributed by atoms with E-state index in [1.165, 1.54) is 56.6 Å². The lowest BCUT2D eigenvalue weighted by atomic mass is 10.2. The molecule has 0 saturated carbocycles. The van der Waals surface area contributed by atoms with Gasteiger partial charge in [0.1, 0.15) is 4.90 Å². The molecule has 126 valence electrons. The van der Waals surface area contributed by atoms with E-state index < -0.39 is 16.0 Å². The molecular weight excluding hydrogens is 332 g/mol. The molecule has 2 aromatic carbocycles. The number of nitrogens with one attached hydrogen (secondary N) is 2. The largest absolute Gasteiger partial charge is 0.465 e. The number of ether oxygens (including phenoxy) is 1. The number of benzene rings is 2. The normalized spacial score (nSPS) is 10.8. The Morgan fingerprint density at radius 2 is 1.62 bits per heavy atom. The average molecular weight is 348 g/mol. The Hall–Kier alpha value is -2.87. The van der Waals surface area contributed by atoms with E-state index in [4.69, 9.17) is 0 Å². The van der Waals surface area contributed by atoms with Gasteiger partial charge >= 0.3 is 5.97 Å². The van der Waals surface area contributed by atoms with Crippen LogP contribution in [0, 0.1) is 0 Å². The van der Waals surface area contributed by atoms with Gasteiger partial charge in [-0.1, -0.05) is 12.1 Å². The van der Waals surface area contributed by atoms with Crippen LogP contribution in [0.5, 0.6) is 0 Å². The van der Waals surface area contributed by atoms with Gasteiger partial charge in [0.15, 0.2) is 0 Å². The molecule has 0 radical (unpaired) electrons. The van der Waals surface area contributed by atoms with Gasteiger partial charge in [-0.15, -0.1) is 0 Å². The maximum atomic E-state index is 12.5. The summed E-state index contributed by atoms with van der Waals surface area (Å²) in [5, 5.41) is 2.47. The van der Waals surface area contributed by atoms with Gasteiger partial charge in [0.2, 0.25) is 0 Å². The van der Waals surface area contributed by atoms with Crippen LogP contribution in [0.3, 0.4) is 0 Å². The second kappa shape index (κ2) is 7.14. The SMILES string of the molecule is CNC(=O)c1ccc(NS(=O)(=O)c2ccccc2C(=O)OC)cc1. The van der Waals surface area contributed by atoms with Crippen molar-refractivity contribution in [3.05, 3.63) is 59.7 Å². The van der Waals surface area contributed by atoms with Crippen molar-refractivity contribution in [1.29, 1.82) is 0 Å². The first-order chi connectivity index (χ1) is 11.4. The molecule has 2 N–H and O–H groups in total. The van der Waals surface area contributed by atoms with Crippen LogP contribution in [0.25, 0.3) is 0 Å². The number of hydrogen-bond acceptors (Lipinski definition) is 5. The third kappa shape index (κ3) is 3.72. The average Bonchev–Trinajstić information content (AvgIpc) is 2.60. The van der Waals surface area contributed by atoms with Crippen molar-refractivity contribution >= 4 is 27.6 Å². The Balaban J connectivity index is 2.33. The molecule has 1 amide bonds. The molecule has 0 heterocycles. The predicted molar refractivity (Wildman–Crippen MR) is 88.4 cm³/mol. The highest BCUT2D eigenvalue weighted by atomic mass is 32.2. The highest BCUT2D eigenvalue weighted by Gasteiger charge is 2.22. The molecule has 0 saturated heterocycles. The summed E-state index contributed by atoms with van der Waals surface area (Å²) < 4.78 is 32.0.